The molecule has 0 radical (unpaired) electrons. The molecular weight excluding hydrogens is 208 g/mol. The van der Waals surface area contributed by atoms with Gasteiger partial charge in [0.1, 0.15) is 0 Å². The Balaban J connectivity index is 2.05. The molecule has 0 saturated carbocycles. The second kappa shape index (κ2) is 5.09. The Bertz CT molecular complexity index is 365. The minimum Gasteiger partial charge on any atom is -0.371 e. The molecule has 0 aliphatic carbocycles. The van der Waals surface area contributed by atoms with Crippen LogP contribution in [-0.4, -0.2) is 13.1 Å². The number of anilines is 1. The van der Waals surface area contributed by atoms with E-state index in [4.69, 9.17) is 5.73 Å². The maximum absolute atomic E-state index is 5.69. The highest BCUT2D eigenvalue weighted by atomic mass is 15.1. The molecule has 94 valence electrons. The highest BCUT2D eigenvalue weighted by Gasteiger charge is 2.28. The third-order valence-corrected chi connectivity index (χ3v) is 4.34. The zero-order valence-electron chi connectivity index (χ0n) is 11.1. The van der Waals surface area contributed by atoms with Crippen molar-refractivity contribution in [2.24, 2.45) is 11.1 Å². The lowest BCUT2D eigenvalue weighted by Gasteiger charge is -2.40. The van der Waals surface area contributed by atoms with Crippen LogP contribution in [0.5, 0.6) is 0 Å². The molecule has 0 aromatic heterocycles. The van der Waals surface area contributed by atoms with E-state index in [-0.39, 0.29) is 0 Å². The van der Waals surface area contributed by atoms with E-state index >= 15 is 0 Å². The number of nitrogens with two attached hydrogens (primary N) is 1. The zero-order chi connectivity index (χ0) is 12.3. The Morgan fingerprint density at radius 2 is 2.00 bits per heavy atom. The van der Waals surface area contributed by atoms with Crippen LogP contribution in [0.25, 0.3) is 0 Å². The summed E-state index contributed by atoms with van der Waals surface area (Å²) in [7, 11) is 0. The Labute approximate surface area is 105 Å². The molecule has 1 fully saturated rings. The maximum Gasteiger partial charge on any atom is 0.0369 e. The Hall–Kier alpha value is -1.02. The van der Waals surface area contributed by atoms with Gasteiger partial charge >= 0.3 is 0 Å². The quantitative estimate of drug-likeness (QED) is 0.867. The van der Waals surface area contributed by atoms with Crippen LogP contribution in [0.3, 0.4) is 0 Å². The third-order valence-electron chi connectivity index (χ3n) is 4.34. The van der Waals surface area contributed by atoms with Crippen LogP contribution >= 0.6 is 0 Å². The molecule has 2 heteroatoms. The van der Waals surface area contributed by atoms with E-state index in [0.29, 0.717) is 12.0 Å². The second-order valence-electron chi connectivity index (χ2n) is 5.53. The highest BCUT2D eigenvalue weighted by molar-refractivity contribution is 5.49. The monoisotopic (exact) mass is 232 g/mol. The number of hydrogen-bond donors (Lipinski definition) is 1. The summed E-state index contributed by atoms with van der Waals surface area (Å²) in [5.74, 6) is 0. The van der Waals surface area contributed by atoms with Crippen LogP contribution in [-0.2, 0) is 6.54 Å². The summed E-state index contributed by atoms with van der Waals surface area (Å²) < 4.78 is 0. The number of piperidine rings is 1. The fourth-order valence-corrected chi connectivity index (χ4v) is 2.54. The van der Waals surface area contributed by atoms with Crippen molar-refractivity contribution in [1.29, 1.82) is 0 Å². The normalized spacial score (nSPS) is 19.4. The van der Waals surface area contributed by atoms with Crippen LogP contribution in [0.1, 0.15) is 38.7 Å². The molecule has 1 heterocycles. The van der Waals surface area contributed by atoms with Crippen LogP contribution in [0.15, 0.2) is 24.3 Å². The molecule has 0 spiro atoms. The van der Waals surface area contributed by atoms with Gasteiger partial charge in [0.25, 0.3) is 0 Å². The first kappa shape index (κ1) is 12.4. The number of benzene rings is 1. The standard InChI is InChI=1S/C15H24N2/c1-3-15(2)7-9-17(10-8-15)14-6-4-5-13(11-14)12-16/h4-6,11H,3,7-10,12,16H2,1-2H3. The summed E-state index contributed by atoms with van der Waals surface area (Å²) in [6.07, 6.45) is 3.90. The van der Waals surface area contributed by atoms with E-state index in [9.17, 15) is 0 Å². The van der Waals surface area contributed by atoms with Gasteiger partial charge in [-0.25, -0.2) is 0 Å². The topological polar surface area (TPSA) is 29.3 Å². The van der Waals surface area contributed by atoms with Crippen molar-refractivity contribution in [3.05, 3.63) is 29.8 Å². The molecule has 17 heavy (non-hydrogen) atoms. The smallest absolute Gasteiger partial charge is 0.0369 e. The van der Waals surface area contributed by atoms with Gasteiger partial charge < -0.3 is 10.6 Å². The SMILES string of the molecule is CCC1(C)CCN(c2cccc(CN)c2)CC1. The Morgan fingerprint density at radius 3 is 2.59 bits per heavy atom. The summed E-state index contributed by atoms with van der Waals surface area (Å²) >= 11 is 0. The molecule has 1 aliphatic rings. The summed E-state index contributed by atoms with van der Waals surface area (Å²) in [4.78, 5) is 2.50. The average molecular weight is 232 g/mol. The third kappa shape index (κ3) is 2.81. The van der Waals surface area contributed by atoms with Crippen LogP contribution in [0.2, 0.25) is 0 Å². The average Bonchev–Trinajstić information content (AvgIpc) is 2.40. The second-order valence-corrected chi connectivity index (χ2v) is 5.53. The fourth-order valence-electron chi connectivity index (χ4n) is 2.54. The largest absolute Gasteiger partial charge is 0.371 e. The van der Waals surface area contributed by atoms with E-state index in [1.54, 1.807) is 0 Å². The molecule has 2 nitrogen and oxygen atoms in total. The molecule has 2 rings (SSSR count). The first-order valence-corrected chi connectivity index (χ1v) is 6.71. The van der Waals surface area contributed by atoms with Gasteiger partial charge in [-0.05, 0) is 36.0 Å². The van der Waals surface area contributed by atoms with Gasteiger partial charge in [0.2, 0.25) is 0 Å². The maximum atomic E-state index is 5.69. The van der Waals surface area contributed by atoms with E-state index < -0.39 is 0 Å². The van der Waals surface area contributed by atoms with Crippen molar-refractivity contribution in [2.45, 2.75) is 39.7 Å². The van der Waals surface area contributed by atoms with E-state index in [1.807, 2.05) is 0 Å². The van der Waals surface area contributed by atoms with Crippen molar-refractivity contribution in [3.8, 4) is 0 Å². The summed E-state index contributed by atoms with van der Waals surface area (Å²) in [5, 5.41) is 0. The molecule has 0 unspecified atom stereocenters. The van der Waals surface area contributed by atoms with E-state index in [2.05, 4.69) is 43.0 Å². The van der Waals surface area contributed by atoms with E-state index in [0.717, 1.165) is 0 Å². The lowest BCUT2D eigenvalue weighted by atomic mass is 9.78. The van der Waals surface area contributed by atoms with Gasteiger partial charge in [-0.2, -0.15) is 0 Å². The molecule has 0 bridgehead atoms. The summed E-state index contributed by atoms with van der Waals surface area (Å²) in [6, 6.07) is 8.65. The van der Waals surface area contributed by atoms with E-state index in [1.165, 1.54) is 43.6 Å². The predicted molar refractivity (Wildman–Crippen MR) is 74.2 cm³/mol. The zero-order valence-corrected chi connectivity index (χ0v) is 11.1. The lowest BCUT2D eigenvalue weighted by Crippen LogP contribution is -2.38. The lowest BCUT2D eigenvalue weighted by molar-refractivity contribution is 0.238. The Morgan fingerprint density at radius 1 is 1.29 bits per heavy atom. The molecule has 2 N–H and O–H groups in total. The van der Waals surface area contributed by atoms with Gasteiger partial charge in [0.05, 0.1) is 0 Å². The number of rotatable bonds is 3. The first-order valence-electron chi connectivity index (χ1n) is 6.71. The first-order chi connectivity index (χ1) is 8.17. The van der Waals surface area contributed by atoms with Crippen molar-refractivity contribution in [3.63, 3.8) is 0 Å². The predicted octanol–water partition coefficient (Wildman–Crippen LogP) is 3.16. The van der Waals surface area contributed by atoms with Gasteiger partial charge in [0.15, 0.2) is 0 Å². The van der Waals surface area contributed by atoms with Crippen molar-refractivity contribution in [2.75, 3.05) is 18.0 Å². The van der Waals surface area contributed by atoms with Gasteiger partial charge in [-0.15, -0.1) is 0 Å². The number of nitrogens with zero attached hydrogens (tertiary/aromatic N) is 1. The minimum absolute atomic E-state index is 0.558. The molecule has 1 saturated heterocycles. The fraction of sp³-hybridized carbons (Fsp3) is 0.600. The van der Waals surface area contributed by atoms with Crippen LogP contribution in [0.4, 0.5) is 5.69 Å². The molecule has 1 aromatic carbocycles. The van der Waals surface area contributed by atoms with Crippen LogP contribution in [0, 0.1) is 5.41 Å². The summed E-state index contributed by atoms with van der Waals surface area (Å²) in [5.41, 5.74) is 8.82. The molecule has 1 aliphatic heterocycles. The Kier molecular flexibility index (Phi) is 3.72. The van der Waals surface area contributed by atoms with Gasteiger partial charge in [-0.3, -0.25) is 0 Å². The molecule has 0 atom stereocenters. The number of hydrogen-bond acceptors (Lipinski definition) is 2. The molecular formula is C15H24N2. The summed E-state index contributed by atoms with van der Waals surface area (Å²) in [6.45, 7) is 7.72. The van der Waals surface area contributed by atoms with Crippen molar-refractivity contribution < 1.29 is 0 Å². The van der Waals surface area contributed by atoms with Gasteiger partial charge in [-0.1, -0.05) is 32.4 Å². The molecule has 0 amide bonds. The van der Waals surface area contributed by atoms with Crippen molar-refractivity contribution in [1.82, 2.24) is 0 Å². The van der Waals surface area contributed by atoms with Crippen LogP contribution < -0.4 is 10.6 Å². The molecule has 1 aromatic rings. The minimum atomic E-state index is 0.558. The highest BCUT2D eigenvalue weighted by Crippen LogP contribution is 2.35. The van der Waals surface area contributed by atoms with Crippen molar-refractivity contribution >= 4 is 5.69 Å². The van der Waals surface area contributed by atoms with Gasteiger partial charge in [0, 0.05) is 25.3 Å².